The van der Waals surface area contributed by atoms with E-state index in [0.29, 0.717) is 17.4 Å². The fourth-order valence-electron chi connectivity index (χ4n) is 4.34. The summed E-state index contributed by atoms with van der Waals surface area (Å²) < 4.78 is 5.52. The first kappa shape index (κ1) is 18.9. The Balaban J connectivity index is 1.57. The van der Waals surface area contributed by atoms with E-state index in [4.69, 9.17) is 9.72 Å². The molecule has 0 bridgehead atoms. The van der Waals surface area contributed by atoms with Crippen LogP contribution in [-0.2, 0) is 22.4 Å². The lowest BCUT2D eigenvalue weighted by Gasteiger charge is -2.30. The van der Waals surface area contributed by atoms with Gasteiger partial charge in [-0.3, -0.25) is 9.78 Å². The van der Waals surface area contributed by atoms with Crippen molar-refractivity contribution in [2.75, 3.05) is 19.7 Å². The van der Waals surface area contributed by atoms with E-state index in [9.17, 15) is 9.59 Å². The van der Waals surface area contributed by atoms with Crippen LogP contribution in [0.5, 0.6) is 0 Å². The van der Waals surface area contributed by atoms with Gasteiger partial charge in [0.05, 0.1) is 11.1 Å². The molecule has 1 atom stereocenters. The minimum Gasteiger partial charge on any atom is -0.452 e. The maximum absolute atomic E-state index is 13.1. The molecular formula is C23H28N2O3. The predicted molar refractivity (Wildman–Crippen MR) is 108 cm³/mol. The van der Waals surface area contributed by atoms with Gasteiger partial charge in [0.2, 0.25) is 0 Å². The molecule has 0 saturated carbocycles. The largest absolute Gasteiger partial charge is 0.452 e. The van der Waals surface area contributed by atoms with Crippen LogP contribution in [0.2, 0.25) is 0 Å². The number of nitrogens with zero attached hydrogens (tertiary/aromatic N) is 2. The maximum atomic E-state index is 13.1. The smallest absolute Gasteiger partial charge is 0.339 e. The Bertz CT molecular complexity index is 900. The zero-order valence-electron chi connectivity index (χ0n) is 16.7. The first-order valence-electron chi connectivity index (χ1n) is 10.4. The molecule has 0 radical (unpaired) electrons. The normalized spacial score (nSPS) is 20.1. The molecule has 5 heteroatoms. The molecule has 1 saturated heterocycles. The second-order valence-electron chi connectivity index (χ2n) is 8.42. The van der Waals surface area contributed by atoms with Crippen molar-refractivity contribution in [3.05, 3.63) is 41.1 Å². The lowest BCUT2D eigenvalue weighted by molar-refractivity contribution is -0.135. The fraction of sp³-hybridized carbons (Fsp3) is 0.522. The number of aryl methyl sites for hydroxylation is 1. The Morgan fingerprint density at radius 3 is 2.64 bits per heavy atom. The van der Waals surface area contributed by atoms with Crippen molar-refractivity contribution in [3.8, 4) is 0 Å². The van der Waals surface area contributed by atoms with Crippen LogP contribution < -0.4 is 0 Å². The number of rotatable bonds is 3. The van der Waals surface area contributed by atoms with Gasteiger partial charge in [-0.2, -0.15) is 0 Å². The van der Waals surface area contributed by atoms with Gasteiger partial charge in [-0.1, -0.05) is 32.0 Å². The van der Waals surface area contributed by atoms with Crippen molar-refractivity contribution in [2.45, 2.75) is 46.0 Å². The number of carbonyl (C=O) groups is 2. The number of hydrogen-bond acceptors (Lipinski definition) is 4. The minimum atomic E-state index is -0.400. The number of ether oxygens (including phenoxy) is 1. The van der Waals surface area contributed by atoms with Crippen molar-refractivity contribution in [2.24, 2.45) is 11.8 Å². The van der Waals surface area contributed by atoms with E-state index in [-0.39, 0.29) is 12.5 Å². The van der Waals surface area contributed by atoms with Crippen molar-refractivity contribution < 1.29 is 14.3 Å². The van der Waals surface area contributed by atoms with E-state index in [1.165, 1.54) is 0 Å². The summed E-state index contributed by atoms with van der Waals surface area (Å²) in [6.45, 7) is 5.73. The van der Waals surface area contributed by atoms with Crippen LogP contribution in [-0.4, -0.2) is 41.5 Å². The number of para-hydroxylation sites is 1. The summed E-state index contributed by atoms with van der Waals surface area (Å²) in [6, 6.07) is 7.71. The van der Waals surface area contributed by atoms with Crippen LogP contribution in [0.4, 0.5) is 0 Å². The van der Waals surface area contributed by atoms with E-state index in [1.54, 1.807) is 0 Å². The van der Waals surface area contributed by atoms with Gasteiger partial charge in [-0.05, 0) is 55.6 Å². The van der Waals surface area contributed by atoms with Crippen LogP contribution in [0.1, 0.15) is 54.7 Å². The first-order valence-corrected chi connectivity index (χ1v) is 10.4. The SMILES string of the molecule is CC1CCN(C(=O)COC(=O)c2c3c(nc4ccccc24)CC[C@H](C)C3)CC1. The quantitative estimate of drug-likeness (QED) is 0.761. The number of amides is 1. The number of carbonyl (C=O) groups excluding carboxylic acids is 2. The lowest BCUT2D eigenvalue weighted by Crippen LogP contribution is -2.40. The Morgan fingerprint density at radius 1 is 1.11 bits per heavy atom. The Kier molecular flexibility index (Phi) is 5.33. The fourth-order valence-corrected chi connectivity index (χ4v) is 4.34. The van der Waals surface area contributed by atoms with E-state index in [2.05, 4.69) is 13.8 Å². The molecule has 1 aliphatic heterocycles. The highest BCUT2D eigenvalue weighted by Crippen LogP contribution is 2.32. The average Bonchev–Trinajstić information content (AvgIpc) is 2.70. The Morgan fingerprint density at radius 2 is 1.86 bits per heavy atom. The molecule has 28 heavy (non-hydrogen) atoms. The summed E-state index contributed by atoms with van der Waals surface area (Å²) >= 11 is 0. The molecule has 0 N–H and O–H groups in total. The van der Waals surface area contributed by atoms with Gasteiger partial charge < -0.3 is 9.64 Å². The molecule has 1 aromatic carbocycles. The molecule has 0 unspecified atom stereocenters. The molecular weight excluding hydrogens is 352 g/mol. The summed E-state index contributed by atoms with van der Waals surface area (Å²) in [5.74, 6) is 0.672. The molecule has 1 fully saturated rings. The topological polar surface area (TPSA) is 59.5 Å². The van der Waals surface area contributed by atoms with Crippen molar-refractivity contribution >= 4 is 22.8 Å². The second kappa shape index (κ2) is 7.90. The van der Waals surface area contributed by atoms with Gasteiger partial charge in [0.15, 0.2) is 6.61 Å². The second-order valence-corrected chi connectivity index (χ2v) is 8.42. The van der Waals surface area contributed by atoms with Crippen molar-refractivity contribution in [1.82, 2.24) is 9.88 Å². The Hall–Kier alpha value is -2.43. The van der Waals surface area contributed by atoms with Gasteiger partial charge in [0, 0.05) is 24.2 Å². The summed E-state index contributed by atoms with van der Waals surface area (Å²) in [7, 11) is 0. The highest BCUT2D eigenvalue weighted by molar-refractivity contribution is 6.05. The minimum absolute atomic E-state index is 0.0964. The molecule has 2 aliphatic rings. The van der Waals surface area contributed by atoms with Crippen LogP contribution in [0.15, 0.2) is 24.3 Å². The van der Waals surface area contributed by atoms with Crippen LogP contribution in [0.25, 0.3) is 10.9 Å². The van der Waals surface area contributed by atoms with Gasteiger partial charge in [-0.25, -0.2) is 4.79 Å². The van der Waals surface area contributed by atoms with E-state index in [0.717, 1.165) is 67.4 Å². The third-order valence-corrected chi connectivity index (χ3v) is 6.17. The number of likely N-dealkylation sites (tertiary alicyclic amines) is 1. The average molecular weight is 380 g/mol. The molecule has 4 rings (SSSR count). The zero-order valence-corrected chi connectivity index (χ0v) is 16.7. The summed E-state index contributed by atoms with van der Waals surface area (Å²) in [5, 5.41) is 0.819. The van der Waals surface area contributed by atoms with Crippen molar-refractivity contribution in [3.63, 3.8) is 0 Å². The third kappa shape index (κ3) is 3.75. The predicted octanol–water partition coefficient (Wildman–Crippen LogP) is 3.77. The molecule has 5 nitrogen and oxygen atoms in total. The highest BCUT2D eigenvalue weighted by atomic mass is 16.5. The van der Waals surface area contributed by atoms with E-state index in [1.807, 2.05) is 29.2 Å². The molecule has 2 aromatic rings. The Labute approximate surface area is 166 Å². The van der Waals surface area contributed by atoms with Gasteiger partial charge >= 0.3 is 5.97 Å². The molecule has 2 heterocycles. The van der Waals surface area contributed by atoms with Crippen LogP contribution >= 0.6 is 0 Å². The standard InChI is InChI=1S/C23H28N2O3/c1-15-9-11-25(12-10-15)21(26)14-28-23(27)22-17-5-3-4-6-19(17)24-20-8-7-16(2)13-18(20)22/h3-6,15-16H,7-14H2,1-2H3/t16-/m0/s1. The number of benzene rings is 1. The highest BCUT2D eigenvalue weighted by Gasteiger charge is 2.27. The number of aromatic nitrogens is 1. The number of fused-ring (bicyclic) bond motifs is 2. The van der Waals surface area contributed by atoms with Crippen LogP contribution in [0, 0.1) is 11.8 Å². The zero-order chi connectivity index (χ0) is 19.7. The number of esters is 1. The molecule has 1 amide bonds. The van der Waals surface area contributed by atoms with Crippen molar-refractivity contribution in [1.29, 1.82) is 0 Å². The monoisotopic (exact) mass is 380 g/mol. The number of pyridine rings is 1. The lowest BCUT2D eigenvalue weighted by atomic mass is 9.84. The third-order valence-electron chi connectivity index (χ3n) is 6.17. The summed E-state index contributed by atoms with van der Waals surface area (Å²) in [6.07, 6.45) is 4.82. The van der Waals surface area contributed by atoms with Gasteiger partial charge in [-0.15, -0.1) is 0 Å². The van der Waals surface area contributed by atoms with Crippen LogP contribution in [0.3, 0.4) is 0 Å². The van der Waals surface area contributed by atoms with E-state index < -0.39 is 5.97 Å². The van der Waals surface area contributed by atoms with Gasteiger partial charge in [0.25, 0.3) is 5.91 Å². The van der Waals surface area contributed by atoms with Gasteiger partial charge in [0.1, 0.15) is 0 Å². The maximum Gasteiger partial charge on any atom is 0.339 e. The number of piperidine rings is 1. The first-order chi connectivity index (χ1) is 13.5. The molecule has 1 aromatic heterocycles. The van der Waals surface area contributed by atoms with E-state index >= 15 is 0 Å². The molecule has 0 spiro atoms. The summed E-state index contributed by atoms with van der Waals surface area (Å²) in [5.41, 5.74) is 3.42. The molecule has 1 aliphatic carbocycles. The summed E-state index contributed by atoms with van der Waals surface area (Å²) in [4.78, 5) is 32.1. The number of hydrogen-bond donors (Lipinski definition) is 0. The molecule has 148 valence electrons.